The third kappa shape index (κ3) is 3.81. The van der Waals surface area contributed by atoms with Crippen LogP contribution >= 0.6 is 11.6 Å². The third-order valence-corrected chi connectivity index (χ3v) is 5.03. The average molecular weight is 337 g/mol. The first kappa shape index (κ1) is 16.6. The van der Waals surface area contributed by atoms with Crippen LogP contribution in [0.5, 0.6) is 0 Å². The van der Waals surface area contributed by atoms with Gasteiger partial charge in [-0.1, -0.05) is 23.7 Å². The summed E-state index contributed by atoms with van der Waals surface area (Å²) < 4.78 is 5.43. The lowest BCUT2D eigenvalue weighted by Gasteiger charge is -2.26. The molecule has 2 atom stereocenters. The van der Waals surface area contributed by atoms with Gasteiger partial charge in [0.25, 0.3) is 0 Å². The summed E-state index contributed by atoms with van der Waals surface area (Å²) in [7, 11) is 0. The molecule has 1 aromatic rings. The van der Waals surface area contributed by atoms with Crippen molar-refractivity contribution in [2.75, 3.05) is 13.1 Å². The van der Waals surface area contributed by atoms with Crippen LogP contribution in [0.25, 0.3) is 0 Å². The molecule has 2 fully saturated rings. The first-order valence-electron chi connectivity index (χ1n) is 8.21. The molecular weight excluding hydrogens is 312 g/mol. The number of halogens is 1. The van der Waals surface area contributed by atoms with E-state index in [1.54, 1.807) is 0 Å². The molecule has 1 amide bonds. The number of nitrogens with zero attached hydrogens (tertiary/aromatic N) is 1. The van der Waals surface area contributed by atoms with Gasteiger partial charge in [0, 0.05) is 30.7 Å². The van der Waals surface area contributed by atoms with Gasteiger partial charge < -0.3 is 15.0 Å². The van der Waals surface area contributed by atoms with Gasteiger partial charge >= 0.3 is 6.09 Å². The zero-order chi connectivity index (χ0) is 16.8. The Hall–Kier alpha value is -1.26. The number of amides is 1. The molecule has 1 aromatic carbocycles. The van der Waals surface area contributed by atoms with E-state index in [2.05, 4.69) is 17.4 Å². The molecule has 2 unspecified atom stereocenters. The maximum absolute atomic E-state index is 12.1. The summed E-state index contributed by atoms with van der Waals surface area (Å²) in [6.45, 7) is 10.1. The predicted octanol–water partition coefficient (Wildman–Crippen LogP) is 3.60. The van der Waals surface area contributed by atoms with E-state index in [1.165, 1.54) is 5.56 Å². The van der Waals surface area contributed by atoms with Crippen LogP contribution in [0.4, 0.5) is 4.79 Å². The maximum Gasteiger partial charge on any atom is 0.410 e. The third-order valence-electron chi connectivity index (χ3n) is 4.62. The lowest BCUT2D eigenvalue weighted by atomic mass is 10.1. The number of nitrogens with one attached hydrogen (secondary N) is 1. The molecule has 126 valence electrons. The molecule has 1 heterocycles. The minimum Gasteiger partial charge on any atom is -0.444 e. The molecule has 0 spiro atoms. The van der Waals surface area contributed by atoms with Gasteiger partial charge in [0.1, 0.15) is 5.60 Å². The summed E-state index contributed by atoms with van der Waals surface area (Å²) in [5, 5.41) is 4.41. The van der Waals surface area contributed by atoms with Crippen LogP contribution in [-0.2, 0) is 11.3 Å². The zero-order valence-corrected chi connectivity index (χ0v) is 15.0. The van der Waals surface area contributed by atoms with Crippen molar-refractivity contribution in [3.05, 3.63) is 34.3 Å². The Labute approximate surface area is 143 Å². The number of likely N-dealkylation sites (tertiary alicyclic amines) is 1. The van der Waals surface area contributed by atoms with Crippen LogP contribution in [0.3, 0.4) is 0 Å². The van der Waals surface area contributed by atoms with E-state index in [0.29, 0.717) is 17.9 Å². The van der Waals surface area contributed by atoms with E-state index in [4.69, 9.17) is 16.3 Å². The summed E-state index contributed by atoms with van der Waals surface area (Å²) >= 11 is 6.16. The van der Waals surface area contributed by atoms with Crippen LogP contribution in [0.15, 0.2) is 18.2 Å². The van der Waals surface area contributed by atoms with Crippen molar-refractivity contribution in [1.82, 2.24) is 10.2 Å². The van der Waals surface area contributed by atoms with Crippen molar-refractivity contribution in [3.8, 4) is 0 Å². The summed E-state index contributed by atoms with van der Waals surface area (Å²) in [6, 6.07) is 6.69. The molecule has 4 nitrogen and oxygen atoms in total. The number of rotatable bonds is 3. The number of carbonyl (C=O) groups excluding carboxylic acids is 1. The number of piperidine rings is 1. The summed E-state index contributed by atoms with van der Waals surface area (Å²) in [5.41, 5.74) is 1.88. The van der Waals surface area contributed by atoms with Gasteiger partial charge in [0.2, 0.25) is 0 Å². The van der Waals surface area contributed by atoms with Crippen LogP contribution in [0.1, 0.15) is 31.9 Å². The molecule has 5 heteroatoms. The normalized spacial score (nSPS) is 26.1. The Morgan fingerprint density at radius 1 is 1.35 bits per heavy atom. The van der Waals surface area contributed by atoms with E-state index < -0.39 is 5.60 Å². The molecule has 1 N–H and O–H groups in total. The molecule has 1 aliphatic carbocycles. The minimum absolute atomic E-state index is 0.186. The first-order valence-corrected chi connectivity index (χ1v) is 8.59. The van der Waals surface area contributed by atoms with Gasteiger partial charge in [0.05, 0.1) is 0 Å². The van der Waals surface area contributed by atoms with Gasteiger partial charge in [0.15, 0.2) is 0 Å². The monoisotopic (exact) mass is 336 g/mol. The van der Waals surface area contributed by atoms with Gasteiger partial charge in [-0.3, -0.25) is 0 Å². The molecule has 0 radical (unpaired) electrons. The molecule has 1 saturated heterocycles. The van der Waals surface area contributed by atoms with Crippen molar-refractivity contribution >= 4 is 17.7 Å². The fourth-order valence-corrected chi connectivity index (χ4v) is 3.49. The second kappa shape index (κ2) is 5.99. The van der Waals surface area contributed by atoms with E-state index in [0.717, 1.165) is 30.2 Å². The lowest BCUT2D eigenvalue weighted by molar-refractivity contribution is 0.0269. The van der Waals surface area contributed by atoms with Crippen molar-refractivity contribution in [3.63, 3.8) is 0 Å². The SMILES string of the molecule is Cc1ccc(CNC2C3CN(C(=O)OC(C)(C)C)CC32)cc1Cl. The van der Waals surface area contributed by atoms with E-state index in [-0.39, 0.29) is 6.09 Å². The molecular formula is C18H25ClN2O2. The largest absolute Gasteiger partial charge is 0.444 e. The van der Waals surface area contributed by atoms with Crippen molar-refractivity contribution < 1.29 is 9.53 Å². The molecule has 0 bridgehead atoms. The number of hydrogen-bond donors (Lipinski definition) is 1. The smallest absolute Gasteiger partial charge is 0.410 e. The van der Waals surface area contributed by atoms with Crippen molar-refractivity contribution in [2.24, 2.45) is 11.8 Å². The van der Waals surface area contributed by atoms with Crippen LogP contribution in [0, 0.1) is 18.8 Å². The number of fused-ring (bicyclic) bond motifs is 1. The number of benzene rings is 1. The first-order chi connectivity index (χ1) is 10.7. The van der Waals surface area contributed by atoms with E-state index in [9.17, 15) is 4.79 Å². The van der Waals surface area contributed by atoms with Gasteiger partial charge in [-0.2, -0.15) is 0 Å². The van der Waals surface area contributed by atoms with Crippen LogP contribution < -0.4 is 5.32 Å². The summed E-state index contributed by atoms with van der Waals surface area (Å²) in [5.74, 6) is 1.12. The Morgan fingerprint density at radius 3 is 2.57 bits per heavy atom. The minimum atomic E-state index is -0.424. The van der Waals surface area contributed by atoms with Crippen molar-refractivity contribution in [2.45, 2.75) is 45.9 Å². The van der Waals surface area contributed by atoms with Gasteiger partial charge in [-0.25, -0.2) is 4.79 Å². The summed E-state index contributed by atoms with van der Waals surface area (Å²) in [6.07, 6.45) is -0.186. The molecule has 1 saturated carbocycles. The number of carbonyl (C=O) groups is 1. The Balaban J connectivity index is 1.45. The molecule has 1 aliphatic heterocycles. The zero-order valence-electron chi connectivity index (χ0n) is 14.2. The second-order valence-corrected chi connectivity index (χ2v) is 8.11. The second-order valence-electron chi connectivity index (χ2n) is 7.70. The number of ether oxygens (including phenoxy) is 1. The van der Waals surface area contributed by atoms with Crippen molar-refractivity contribution in [1.29, 1.82) is 0 Å². The fraction of sp³-hybridized carbons (Fsp3) is 0.611. The van der Waals surface area contributed by atoms with Gasteiger partial charge in [-0.05, 0) is 56.7 Å². The topological polar surface area (TPSA) is 41.6 Å². The van der Waals surface area contributed by atoms with Crippen LogP contribution in [0.2, 0.25) is 5.02 Å². The molecule has 3 rings (SSSR count). The molecule has 0 aromatic heterocycles. The Kier molecular flexibility index (Phi) is 4.32. The average Bonchev–Trinajstić information content (AvgIpc) is 2.89. The van der Waals surface area contributed by atoms with Crippen LogP contribution in [-0.4, -0.2) is 35.7 Å². The van der Waals surface area contributed by atoms with E-state index >= 15 is 0 Å². The standard InChI is InChI=1S/C18H25ClN2O2/c1-11-5-6-12(7-15(11)19)8-20-16-13-9-21(10-14(13)16)17(22)23-18(2,3)4/h5-7,13-14,16,20H,8-10H2,1-4H3. The van der Waals surface area contributed by atoms with Gasteiger partial charge in [-0.15, -0.1) is 0 Å². The highest BCUT2D eigenvalue weighted by molar-refractivity contribution is 6.31. The summed E-state index contributed by atoms with van der Waals surface area (Å²) in [4.78, 5) is 13.9. The number of hydrogen-bond acceptors (Lipinski definition) is 3. The highest BCUT2D eigenvalue weighted by atomic mass is 35.5. The molecule has 2 aliphatic rings. The quantitative estimate of drug-likeness (QED) is 0.917. The fourth-order valence-electron chi connectivity index (χ4n) is 3.29. The lowest BCUT2D eigenvalue weighted by Crippen LogP contribution is -2.39. The predicted molar refractivity (Wildman–Crippen MR) is 91.6 cm³/mol. The van der Waals surface area contributed by atoms with E-state index in [1.807, 2.05) is 38.7 Å². The maximum atomic E-state index is 12.1. The highest BCUT2D eigenvalue weighted by Gasteiger charge is 2.56. The Morgan fingerprint density at radius 2 is 2.00 bits per heavy atom. The number of aryl methyl sites for hydroxylation is 1. The Bertz CT molecular complexity index is 600. The highest BCUT2D eigenvalue weighted by Crippen LogP contribution is 2.45. The molecule has 23 heavy (non-hydrogen) atoms.